The molecular formula is C20H27FN4O3. The van der Waals surface area contributed by atoms with E-state index in [1.807, 2.05) is 13.8 Å². The molecule has 0 radical (unpaired) electrons. The molecule has 0 saturated heterocycles. The quantitative estimate of drug-likeness (QED) is 0.366. The smallest absolute Gasteiger partial charge is 0.287 e. The number of benzene rings is 1. The Labute approximate surface area is 164 Å². The van der Waals surface area contributed by atoms with Crippen molar-refractivity contribution in [3.05, 3.63) is 53.2 Å². The summed E-state index contributed by atoms with van der Waals surface area (Å²) in [6.07, 6.45) is 2.20. The van der Waals surface area contributed by atoms with Gasteiger partial charge in [0.15, 0.2) is 23.3 Å². The van der Waals surface area contributed by atoms with E-state index >= 15 is 0 Å². The first-order valence-electron chi connectivity index (χ1n) is 9.09. The third-order valence-electron chi connectivity index (χ3n) is 4.25. The number of hydrogen-bond donors (Lipinski definition) is 3. The van der Waals surface area contributed by atoms with Crippen LogP contribution in [0.4, 0.5) is 4.39 Å². The van der Waals surface area contributed by atoms with Crippen LogP contribution in [0.3, 0.4) is 0 Å². The molecule has 1 heterocycles. The van der Waals surface area contributed by atoms with E-state index < -0.39 is 5.82 Å². The fourth-order valence-corrected chi connectivity index (χ4v) is 2.62. The van der Waals surface area contributed by atoms with E-state index in [9.17, 15) is 9.18 Å². The van der Waals surface area contributed by atoms with E-state index in [0.717, 1.165) is 11.1 Å². The summed E-state index contributed by atoms with van der Waals surface area (Å²) >= 11 is 0. The lowest BCUT2D eigenvalue weighted by Gasteiger charge is -2.19. The van der Waals surface area contributed by atoms with Crippen LogP contribution in [0.15, 0.2) is 39.9 Å². The molecule has 8 heteroatoms. The molecular weight excluding hydrogens is 363 g/mol. The number of rotatable bonds is 8. The number of carbonyl (C=O) groups excluding carboxylic acids is 1. The number of carbonyl (C=O) groups is 1. The molecule has 0 spiro atoms. The Kier molecular flexibility index (Phi) is 7.86. The van der Waals surface area contributed by atoms with Gasteiger partial charge in [-0.15, -0.1) is 0 Å². The molecule has 1 unspecified atom stereocenters. The molecule has 7 nitrogen and oxygen atoms in total. The van der Waals surface area contributed by atoms with Crippen molar-refractivity contribution in [2.75, 3.05) is 27.2 Å². The number of nitrogens with zero attached hydrogens (tertiary/aromatic N) is 1. The van der Waals surface area contributed by atoms with Crippen LogP contribution in [0.1, 0.15) is 41.1 Å². The second-order valence-corrected chi connectivity index (χ2v) is 6.30. The zero-order chi connectivity index (χ0) is 20.5. The molecule has 3 N–H and O–H groups in total. The van der Waals surface area contributed by atoms with Crippen molar-refractivity contribution in [2.45, 2.75) is 26.3 Å². The second-order valence-electron chi connectivity index (χ2n) is 6.30. The minimum atomic E-state index is -0.404. The van der Waals surface area contributed by atoms with Gasteiger partial charge < -0.3 is 25.1 Å². The standard InChI is InChI=1S/C20H27FN4O3/c1-13-8-11-28-18(13)19(26)23-9-5-10-24-20(22-3)25-14(2)15-6-7-17(27-4)16(21)12-15/h6-8,11-12,14H,5,9-10H2,1-4H3,(H,23,26)(H2,22,24,25). The maximum Gasteiger partial charge on any atom is 0.287 e. The van der Waals surface area contributed by atoms with Crippen LogP contribution in [0, 0.1) is 12.7 Å². The van der Waals surface area contributed by atoms with Gasteiger partial charge in [-0.25, -0.2) is 4.39 Å². The van der Waals surface area contributed by atoms with E-state index in [0.29, 0.717) is 31.2 Å². The van der Waals surface area contributed by atoms with Crippen molar-refractivity contribution in [3.8, 4) is 5.75 Å². The Balaban J connectivity index is 1.74. The van der Waals surface area contributed by atoms with Gasteiger partial charge in [-0.2, -0.15) is 0 Å². The molecule has 1 amide bonds. The summed E-state index contributed by atoms with van der Waals surface area (Å²) in [5, 5.41) is 9.19. The first kappa shape index (κ1) is 21.3. The number of methoxy groups -OCH3 is 1. The maximum absolute atomic E-state index is 13.9. The lowest BCUT2D eigenvalue weighted by atomic mass is 10.1. The van der Waals surface area contributed by atoms with Crippen molar-refractivity contribution in [3.63, 3.8) is 0 Å². The van der Waals surface area contributed by atoms with Gasteiger partial charge in [0.25, 0.3) is 5.91 Å². The summed E-state index contributed by atoms with van der Waals surface area (Å²) < 4.78 is 24.0. The van der Waals surface area contributed by atoms with E-state index in [-0.39, 0.29) is 17.7 Å². The summed E-state index contributed by atoms with van der Waals surface area (Å²) in [6, 6.07) is 6.45. The van der Waals surface area contributed by atoms with Gasteiger partial charge >= 0.3 is 0 Å². The number of amides is 1. The minimum absolute atomic E-state index is 0.145. The van der Waals surface area contributed by atoms with Gasteiger partial charge in [-0.3, -0.25) is 9.79 Å². The van der Waals surface area contributed by atoms with Crippen LogP contribution in [-0.4, -0.2) is 39.1 Å². The highest BCUT2D eigenvalue weighted by Crippen LogP contribution is 2.21. The molecule has 28 heavy (non-hydrogen) atoms. The van der Waals surface area contributed by atoms with Gasteiger partial charge in [0, 0.05) is 25.7 Å². The maximum atomic E-state index is 13.9. The van der Waals surface area contributed by atoms with E-state index in [4.69, 9.17) is 9.15 Å². The number of ether oxygens (including phenoxy) is 1. The number of hydrogen-bond acceptors (Lipinski definition) is 4. The third-order valence-corrected chi connectivity index (χ3v) is 4.25. The number of aliphatic imine (C=N–C) groups is 1. The van der Waals surface area contributed by atoms with Gasteiger partial charge in [0.2, 0.25) is 0 Å². The SMILES string of the molecule is CN=C(NCCCNC(=O)c1occc1C)NC(C)c1ccc(OC)c(F)c1. The molecule has 2 aromatic rings. The Morgan fingerprint density at radius 3 is 2.64 bits per heavy atom. The molecule has 1 aromatic heterocycles. The Morgan fingerprint density at radius 2 is 2.04 bits per heavy atom. The van der Waals surface area contributed by atoms with Crippen molar-refractivity contribution in [1.29, 1.82) is 0 Å². The summed E-state index contributed by atoms with van der Waals surface area (Å²) in [4.78, 5) is 16.1. The lowest BCUT2D eigenvalue weighted by molar-refractivity contribution is 0.0925. The van der Waals surface area contributed by atoms with Crippen LogP contribution < -0.4 is 20.7 Å². The van der Waals surface area contributed by atoms with E-state index in [1.165, 1.54) is 19.4 Å². The number of aryl methyl sites for hydroxylation is 1. The highest BCUT2D eigenvalue weighted by molar-refractivity contribution is 5.92. The molecule has 152 valence electrons. The highest BCUT2D eigenvalue weighted by Gasteiger charge is 2.12. The van der Waals surface area contributed by atoms with Crippen LogP contribution >= 0.6 is 0 Å². The van der Waals surface area contributed by atoms with E-state index in [1.54, 1.807) is 25.2 Å². The normalized spacial score (nSPS) is 12.4. The first-order chi connectivity index (χ1) is 13.5. The summed E-state index contributed by atoms with van der Waals surface area (Å²) in [7, 11) is 3.10. The number of nitrogens with one attached hydrogen (secondary N) is 3. The molecule has 0 aliphatic heterocycles. The molecule has 0 aliphatic carbocycles. The molecule has 0 aliphatic rings. The van der Waals surface area contributed by atoms with Gasteiger partial charge in [0.05, 0.1) is 19.4 Å². The first-order valence-corrected chi connectivity index (χ1v) is 9.09. The fraction of sp³-hybridized carbons (Fsp3) is 0.400. The van der Waals surface area contributed by atoms with Gasteiger partial charge in [-0.1, -0.05) is 6.07 Å². The van der Waals surface area contributed by atoms with Crippen LogP contribution in [-0.2, 0) is 0 Å². The largest absolute Gasteiger partial charge is 0.494 e. The third kappa shape index (κ3) is 5.73. The predicted octanol–water partition coefficient (Wildman–Crippen LogP) is 2.78. The van der Waals surface area contributed by atoms with Crippen molar-refractivity contribution in [1.82, 2.24) is 16.0 Å². The molecule has 1 atom stereocenters. The van der Waals surface area contributed by atoms with Crippen molar-refractivity contribution in [2.24, 2.45) is 4.99 Å². The van der Waals surface area contributed by atoms with Crippen LogP contribution in [0.25, 0.3) is 0 Å². The Hall–Kier alpha value is -3.03. The predicted molar refractivity (Wildman–Crippen MR) is 106 cm³/mol. The zero-order valence-corrected chi connectivity index (χ0v) is 16.6. The fourth-order valence-electron chi connectivity index (χ4n) is 2.62. The summed E-state index contributed by atoms with van der Waals surface area (Å²) in [6.45, 7) is 4.86. The van der Waals surface area contributed by atoms with Crippen molar-refractivity contribution < 1.29 is 18.3 Å². The van der Waals surface area contributed by atoms with Gasteiger partial charge in [-0.05, 0) is 44.0 Å². The summed E-state index contributed by atoms with van der Waals surface area (Å²) in [5.41, 5.74) is 1.59. The number of guanidine groups is 1. The number of halogens is 1. The molecule has 0 bridgehead atoms. The average Bonchev–Trinajstić information content (AvgIpc) is 3.12. The summed E-state index contributed by atoms with van der Waals surface area (Å²) in [5.74, 6) is 0.521. The topological polar surface area (TPSA) is 87.9 Å². The Morgan fingerprint density at radius 1 is 1.29 bits per heavy atom. The number of furan rings is 1. The van der Waals surface area contributed by atoms with E-state index in [2.05, 4.69) is 20.9 Å². The lowest BCUT2D eigenvalue weighted by Crippen LogP contribution is -2.40. The molecule has 1 aromatic carbocycles. The van der Waals surface area contributed by atoms with Gasteiger partial charge in [0.1, 0.15) is 0 Å². The minimum Gasteiger partial charge on any atom is -0.494 e. The average molecular weight is 390 g/mol. The zero-order valence-electron chi connectivity index (χ0n) is 16.6. The second kappa shape index (κ2) is 10.3. The van der Waals surface area contributed by atoms with Crippen molar-refractivity contribution >= 4 is 11.9 Å². The Bertz CT molecular complexity index is 820. The van der Waals surface area contributed by atoms with Crippen LogP contribution in [0.2, 0.25) is 0 Å². The highest BCUT2D eigenvalue weighted by atomic mass is 19.1. The monoisotopic (exact) mass is 390 g/mol. The van der Waals surface area contributed by atoms with Crippen LogP contribution in [0.5, 0.6) is 5.75 Å². The molecule has 0 fully saturated rings. The molecule has 0 saturated carbocycles. The molecule has 2 rings (SSSR count).